The van der Waals surface area contributed by atoms with E-state index < -0.39 is 0 Å². The van der Waals surface area contributed by atoms with E-state index in [9.17, 15) is 4.39 Å². The lowest BCUT2D eigenvalue weighted by molar-refractivity contribution is 0.0461. The number of nitrogens with zero attached hydrogens (tertiary/aromatic N) is 1. The molecule has 0 amide bonds. The Morgan fingerprint density at radius 1 is 1.44 bits per heavy atom. The van der Waals surface area contributed by atoms with Gasteiger partial charge in [0, 0.05) is 37.0 Å². The van der Waals surface area contributed by atoms with Crippen LogP contribution in [0.3, 0.4) is 0 Å². The molecule has 0 saturated carbocycles. The molecule has 3 rings (SSSR count). The number of likely N-dealkylation sites (N-methyl/N-ethyl adjacent to an activating group) is 1. The summed E-state index contributed by atoms with van der Waals surface area (Å²) >= 11 is 0. The summed E-state index contributed by atoms with van der Waals surface area (Å²) in [4.78, 5) is 2.29. The van der Waals surface area contributed by atoms with E-state index in [4.69, 9.17) is 10.5 Å². The average molecular weight is 250 g/mol. The van der Waals surface area contributed by atoms with Crippen LogP contribution in [0.4, 0.5) is 4.39 Å². The number of rotatable bonds is 0. The molecule has 2 heterocycles. The van der Waals surface area contributed by atoms with Crippen LogP contribution < -0.4 is 10.5 Å². The van der Waals surface area contributed by atoms with Crippen LogP contribution in [0, 0.1) is 5.82 Å². The lowest BCUT2D eigenvalue weighted by atomic mass is 9.86. The molecule has 98 valence electrons. The van der Waals surface area contributed by atoms with E-state index in [1.807, 2.05) is 0 Å². The number of nitrogens with two attached hydrogens (primary N) is 1. The van der Waals surface area contributed by atoms with Crippen molar-refractivity contribution in [3.05, 3.63) is 29.6 Å². The third kappa shape index (κ3) is 1.80. The predicted molar refractivity (Wildman–Crippen MR) is 68.0 cm³/mol. The first-order valence-corrected chi connectivity index (χ1v) is 6.43. The van der Waals surface area contributed by atoms with Crippen molar-refractivity contribution in [2.45, 2.75) is 37.5 Å². The van der Waals surface area contributed by atoms with Gasteiger partial charge in [-0.25, -0.2) is 4.39 Å². The summed E-state index contributed by atoms with van der Waals surface area (Å²) < 4.78 is 19.4. The first-order chi connectivity index (χ1) is 8.49. The zero-order valence-electron chi connectivity index (χ0n) is 10.8. The third-order valence-corrected chi connectivity index (χ3v) is 4.25. The monoisotopic (exact) mass is 250 g/mol. The Bertz CT molecular complexity index is 467. The quantitative estimate of drug-likeness (QED) is 0.766. The van der Waals surface area contributed by atoms with Crippen molar-refractivity contribution in [3.8, 4) is 5.75 Å². The largest absolute Gasteiger partial charge is 0.485 e. The summed E-state index contributed by atoms with van der Waals surface area (Å²) in [5.74, 6) is 0.498. The minimum Gasteiger partial charge on any atom is -0.485 e. The maximum absolute atomic E-state index is 13.2. The highest BCUT2D eigenvalue weighted by molar-refractivity contribution is 5.39. The average Bonchev–Trinajstić information content (AvgIpc) is 2.55. The molecule has 0 aromatic heterocycles. The topological polar surface area (TPSA) is 38.5 Å². The fourth-order valence-corrected chi connectivity index (χ4v) is 3.28. The molecule has 1 spiro atoms. The molecule has 2 aliphatic rings. The highest BCUT2D eigenvalue weighted by Crippen LogP contribution is 2.44. The summed E-state index contributed by atoms with van der Waals surface area (Å²) in [5.41, 5.74) is 6.79. The van der Waals surface area contributed by atoms with Crippen LogP contribution in [0.2, 0.25) is 0 Å². The van der Waals surface area contributed by atoms with Gasteiger partial charge in [-0.1, -0.05) is 0 Å². The van der Waals surface area contributed by atoms with Gasteiger partial charge in [0.05, 0.1) is 0 Å². The van der Waals surface area contributed by atoms with Gasteiger partial charge in [0.2, 0.25) is 0 Å². The molecule has 1 aromatic carbocycles. The van der Waals surface area contributed by atoms with Crippen LogP contribution in [0.25, 0.3) is 0 Å². The zero-order chi connectivity index (χ0) is 12.9. The lowest BCUT2D eigenvalue weighted by Gasteiger charge is -2.38. The highest BCUT2D eigenvalue weighted by atomic mass is 19.1. The number of ether oxygens (including phenoxy) is 1. The summed E-state index contributed by atoms with van der Waals surface area (Å²) in [7, 11) is 2.11. The molecule has 2 aliphatic heterocycles. The molecule has 1 saturated heterocycles. The second-order valence-electron chi connectivity index (χ2n) is 5.75. The fraction of sp³-hybridized carbons (Fsp3) is 0.571. The smallest absolute Gasteiger partial charge is 0.125 e. The Morgan fingerprint density at radius 3 is 2.89 bits per heavy atom. The molecular weight excluding hydrogens is 231 g/mol. The van der Waals surface area contributed by atoms with Crippen molar-refractivity contribution >= 4 is 0 Å². The van der Waals surface area contributed by atoms with Gasteiger partial charge in [-0.2, -0.15) is 0 Å². The molecule has 3 atom stereocenters. The SMILES string of the molecule is CC1CC2(CC(N)c3cc(F)ccc3O2)CN1C. The molecule has 3 unspecified atom stereocenters. The van der Waals surface area contributed by atoms with E-state index in [-0.39, 0.29) is 17.5 Å². The fourth-order valence-electron chi connectivity index (χ4n) is 3.28. The highest BCUT2D eigenvalue weighted by Gasteiger charge is 2.46. The molecule has 4 heteroatoms. The van der Waals surface area contributed by atoms with Crippen LogP contribution >= 0.6 is 0 Å². The number of hydrogen-bond donors (Lipinski definition) is 1. The normalized spacial score (nSPS) is 35.6. The number of fused-ring (bicyclic) bond motifs is 1. The van der Waals surface area contributed by atoms with E-state index in [1.165, 1.54) is 12.1 Å². The number of likely N-dealkylation sites (tertiary alicyclic amines) is 1. The predicted octanol–water partition coefficient (Wildman–Crippen LogP) is 2.07. The van der Waals surface area contributed by atoms with E-state index >= 15 is 0 Å². The molecule has 0 bridgehead atoms. The number of halogens is 1. The van der Waals surface area contributed by atoms with Crippen LogP contribution in [-0.2, 0) is 0 Å². The van der Waals surface area contributed by atoms with Gasteiger partial charge in [0.15, 0.2) is 0 Å². The van der Waals surface area contributed by atoms with Gasteiger partial charge in [0.1, 0.15) is 17.2 Å². The minimum absolute atomic E-state index is 0.136. The Morgan fingerprint density at radius 2 is 2.22 bits per heavy atom. The van der Waals surface area contributed by atoms with Crippen molar-refractivity contribution in [2.75, 3.05) is 13.6 Å². The van der Waals surface area contributed by atoms with Crippen LogP contribution in [0.5, 0.6) is 5.75 Å². The lowest BCUT2D eigenvalue weighted by Crippen LogP contribution is -2.44. The second kappa shape index (κ2) is 3.93. The van der Waals surface area contributed by atoms with Crippen molar-refractivity contribution in [2.24, 2.45) is 5.73 Å². The van der Waals surface area contributed by atoms with E-state index in [0.717, 1.165) is 30.7 Å². The van der Waals surface area contributed by atoms with Gasteiger partial charge >= 0.3 is 0 Å². The Hall–Kier alpha value is -1.13. The Labute approximate surface area is 107 Å². The maximum atomic E-state index is 13.2. The van der Waals surface area contributed by atoms with Crippen LogP contribution in [0.1, 0.15) is 31.4 Å². The molecule has 0 aliphatic carbocycles. The maximum Gasteiger partial charge on any atom is 0.125 e. The molecule has 2 N–H and O–H groups in total. The molecule has 3 nitrogen and oxygen atoms in total. The second-order valence-corrected chi connectivity index (χ2v) is 5.75. The zero-order valence-corrected chi connectivity index (χ0v) is 10.8. The van der Waals surface area contributed by atoms with E-state index in [2.05, 4.69) is 18.9 Å². The minimum atomic E-state index is -0.249. The molecule has 1 aromatic rings. The molecular formula is C14H19FN2O. The van der Waals surface area contributed by atoms with Gasteiger partial charge in [-0.3, -0.25) is 4.90 Å². The van der Waals surface area contributed by atoms with Crippen molar-refractivity contribution in [1.82, 2.24) is 4.90 Å². The van der Waals surface area contributed by atoms with Crippen molar-refractivity contribution < 1.29 is 9.13 Å². The van der Waals surface area contributed by atoms with Gasteiger partial charge in [0.25, 0.3) is 0 Å². The molecule has 18 heavy (non-hydrogen) atoms. The van der Waals surface area contributed by atoms with E-state index in [0.29, 0.717) is 6.04 Å². The van der Waals surface area contributed by atoms with Crippen molar-refractivity contribution in [1.29, 1.82) is 0 Å². The summed E-state index contributed by atoms with van der Waals surface area (Å²) in [6.45, 7) is 3.09. The summed E-state index contributed by atoms with van der Waals surface area (Å²) in [6.07, 6.45) is 1.74. The standard InChI is InChI=1S/C14H19FN2O/c1-9-6-14(8-17(9)2)7-12(16)11-5-10(15)3-4-13(11)18-14/h3-5,9,12H,6-8,16H2,1-2H3. The van der Waals surface area contributed by atoms with E-state index in [1.54, 1.807) is 6.07 Å². The van der Waals surface area contributed by atoms with Crippen LogP contribution in [-0.4, -0.2) is 30.1 Å². The Kier molecular flexibility index (Phi) is 2.61. The first-order valence-electron chi connectivity index (χ1n) is 6.43. The first kappa shape index (κ1) is 11.9. The molecule has 1 fully saturated rings. The van der Waals surface area contributed by atoms with Crippen LogP contribution in [0.15, 0.2) is 18.2 Å². The third-order valence-electron chi connectivity index (χ3n) is 4.25. The van der Waals surface area contributed by atoms with Gasteiger partial charge in [-0.15, -0.1) is 0 Å². The number of benzene rings is 1. The van der Waals surface area contributed by atoms with Crippen molar-refractivity contribution in [3.63, 3.8) is 0 Å². The summed E-state index contributed by atoms with van der Waals surface area (Å²) in [5, 5.41) is 0. The Balaban J connectivity index is 1.95. The summed E-state index contributed by atoms with van der Waals surface area (Å²) in [6, 6.07) is 5.00. The van der Waals surface area contributed by atoms with Gasteiger partial charge in [-0.05, 0) is 32.2 Å². The number of hydrogen-bond acceptors (Lipinski definition) is 3. The van der Waals surface area contributed by atoms with Gasteiger partial charge < -0.3 is 10.5 Å². The molecule has 0 radical (unpaired) electrons.